The Hall–Kier alpha value is -1.55. The van der Waals surface area contributed by atoms with Gasteiger partial charge in [-0.1, -0.05) is 35.9 Å². The van der Waals surface area contributed by atoms with Crippen molar-refractivity contribution in [1.29, 1.82) is 0 Å². The fourth-order valence-electron chi connectivity index (χ4n) is 3.42. The first-order valence-electron chi connectivity index (χ1n) is 9.84. The van der Waals surface area contributed by atoms with Crippen molar-refractivity contribution < 1.29 is 9.47 Å². The van der Waals surface area contributed by atoms with Crippen molar-refractivity contribution in [3.63, 3.8) is 0 Å². The van der Waals surface area contributed by atoms with Crippen molar-refractivity contribution in [3.8, 4) is 5.75 Å². The van der Waals surface area contributed by atoms with Gasteiger partial charge in [0.15, 0.2) is 5.96 Å². The summed E-state index contributed by atoms with van der Waals surface area (Å²) in [7, 11) is 3.47. The van der Waals surface area contributed by atoms with E-state index in [1.165, 1.54) is 5.56 Å². The number of morpholine rings is 1. The number of methoxy groups -OCH3 is 1. The third-order valence-electron chi connectivity index (χ3n) is 5.02. The number of halogens is 2. The van der Waals surface area contributed by atoms with Crippen molar-refractivity contribution >= 4 is 41.5 Å². The van der Waals surface area contributed by atoms with Gasteiger partial charge in [-0.05, 0) is 35.4 Å². The summed E-state index contributed by atoms with van der Waals surface area (Å²) < 4.78 is 10.8. The van der Waals surface area contributed by atoms with Gasteiger partial charge in [-0.25, -0.2) is 0 Å². The van der Waals surface area contributed by atoms with Gasteiger partial charge in [0.25, 0.3) is 0 Å². The molecule has 0 aromatic heterocycles. The number of ether oxygens (including phenoxy) is 2. The van der Waals surface area contributed by atoms with Gasteiger partial charge in [0.1, 0.15) is 5.75 Å². The third-order valence-corrected chi connectivity index (χ3v) is 5.26. The molecule has 0 bridgehead atoms. The van der Waals surface area contributed by atoms with Crippen molar-refractivity contribution in [2.45, 2.75) is 12.6 Å². The second-order valence-electron chi connectivity index (χ2n) is 6.87. The maximum atomic E-state index is 6.07. The normalized spacial score (nSPS) is 15.8. The van der Waals surface area contributed by atoms with Gasteiger partial charge >= 0.3 is 0 Å². The number of hydrogen-bond donors (Lipinski definition) is 2. The Morgan fingerprint density at radius 3 is 2.53 bits per heavy atom. The second-order valence-corrected chi connectivity index (χ2v) is 7.31. The molecule has 1 aliphatic rings. The van der Waals surface area contributed by atoms with E-state index in [0.29, 0.717) is 6.54 Å². The number of benzene rings is 2. The number of rotatable bonds is 7. The third kappa shape index (κ3) is 7.30. The summed E-state index contributed by atoms with van der Waals surface area (Å²) in [6, 6.07) is 16.3. The Bertz CT molecular complexity index is 798. The van der Waals surface area contributed by atoms with E-state index in [4.69, 9.17) is 21.1 Å². The van der Waals surface area contributed by atoms with Crippen LogP contribution in [0.2, 0.25) is 5.02 Å². The molecule has 1 saturated heterocycles. The highest BCUT2D eigenvalue weighted by molar-refractivity contribution is 14.0. The van der Waals surface area contributed by atoms with Gasteiger partial charge in [-0.2, -0.15) is 0 Å². The zero-order valence-corrected chi connectivity index (χ0v) is 20.5. The minimum absolute atomic E-state index is 0. The van der Waals surface area contributed by atoms with Crippen LogP contribution in [-0.2, 0) is 11.3 Å². The fraction of sp³-hybridized carbons (Fsp3) is 0.409. The average Bonchev–Trinajstić information content (AvgIpc) is 2.77. The molecule has 6 nitrogen and oxygen atoms in total. The maximum absolute atomic E-state index is 6.07. The predicted octanol–water partition coefficient (Wildman–Crippen LogP) is 3.71. The standard InChI is InChI=1S/C22H29ClN4O2.HI/c1-24-22(25-15-17-4-3-5-19(23)14-17)26-16-21(27-10-12-29-13-11-27)18-6-8-20(28-2)9-7-18;/h3-9,14,21H,10-13,15-16H2,1-2H3,(H2,24,25,26);1H. The SMILES string of the molecule is CN=C(NCc1cccc(Cl)c1)NCC(c1ccc(OC)cc1)N1CCOCC1.I. The number of guanidine groups is 1. The van der Waals surface area contributed by atoms with Crippen molar-refractivity contribution in [3.05, 3.63) is 64.7 Å². The van der Waals surface area contributed by atoms with E-state index < -0.39 is 0 Å². The number of aliphatic imine (C=N–C) groups is 1. The average molecular weight is 545 g/mol. The van der Waals surface area contributed by atoms with Gasteiger partial charge in [0.05, 0.1) is 26.4 Å². The van der Waals surface area contributed by atoms with E-state index in [9.17, 15) is 0 Å². The molecule has 1 heterocycles. The number of nitrogens with one attached hydrogen (secondary N) is 2. The minimum Gasteiger partial charge on any atom is -0.497 e. The van der Waals surface area contributed by atoms with Crippen LogP contribution in [0.1, 0.15) is 17.2 Å². The molecule has 0 saturated carbocycles. The summed E-state index contributed by atoms with van der Waals surface area (Å²) in [4.78, 5) is 6.81. The Morgan fingerprint density at radius 1 is 1.17 bits per heavy atom. The highest BCUT2D eigenvalue weighted by Gasteiger charge is 2.23. The van der Waals surface area contributed by atoms with Crippen molar-refractivity contribution in [1.82, 2.24) is 15.5 Å². The van der Waals surface area contributed by atoms with E-state index in [0.717, 1.165) is 55.1 Å². The molecule has 1 atom stereocenters. The highest BCUT2D eigenvalue weighted by atomic mass is 127. The first kappa shape index (κ1) is 24.7. The number of nitrogens with zero attached hydrogens (tertiary/aromatic N) is 2. The molecule has 0 amide bonds. The van der Waals surface area contributed by atoms with Gasteiger partial charge in [0.2, 0.25) is 0 Å². The molecule has 2 N–H and O–H groups in total. The van der Waals surface area contributed by atoms with Crippen LogP contribution in [0.3, 0.4) is 0 Å². The topological polar surface area (TPSA) is 58.1 Å². The van der Waals surface area contributed by atoms with Crippen molar-refractivity contribution in [2.24, 2.45) is 4.99 Å². The monoisotopic (exact) mass is 544 g/mol. The molecule has 2 aromatic rings. The van der Waals surface area contributed by atoms with E-state index >= 15 is 0 Å². The zero-order chi connectivity index (χ0) is 20.5. The van der Waals surface area contributed by atoms with Gasteiger partial charge in [0, 0.05) is 38.2 Å². The Labute approximate surface area is 201 Å². The van der Waals surface area contributed by atoms with Gasteiger partial charge in [-0.3, -0.25) is 9.89 Å². The number of hydrogen-bond acceptors (Lipinski definition) is 4. The first-order chi connectivity index (χ1) is 14.2. The van der Waals surface area contributed by atoms with Crippen LogP contribution in [0.4, 0.5) is 0 Å². The van der Waals surface area contributed by atoms with Gasteiger partial charge < -0.3 is 20.1 Å². The van der Waals surface area contributed by atoms with E-state index in [1.54, 1.807) is 14.2 Å². The maximum Gasteiger partial charge on any atom is 0.191 e. The second kappa shape index (κ2) is 13.0. The summed E-state index contributed by atoms with van der Waals surface area (Å²) in [5.74, 6) is 1.62. The molecular formula is C22H30ClIN4O2. The summed E-state index contributed by atoms with van der Waals surface area (Å²) in [5, 5.41) is 7.56. The molecule has 0 spiro atoms. The minimum atomic E-state index is 0. The summed E-state index contributed by atoms with van der Waals surface area (Å²) >= 11 is 6.07. The fourth-order valence-corrected chi connectivity index (χ4v) is 3.63. The van der Waals surface area contributed by atoms with Crippen LogP contribution in [0, 0.1) is 0 Å². The molecule has 2 aromatic carbocycles. The molecule has 3 rings (SSSR count). The molecule has 164 valence electrons. The molecule has 1 aliphatic heterocycles. The molecular weight excluding hydrogens is 515 g/mol. The Kier molecular flexibility index (Phi) is 10.7. The summed E-state index contributed by atoms with van der Waals surface area (Å²) in [6.45, 7) is 4.73. The van der Waals surface area contributed by atoms with E-state index in [2.05, 4.69) is 32.7 Å². The lowest BCUT2D eigenvalue weighted by Crippen LogP contribution is -2.46. The smallest absolute Gasteiger partial charge is 0.191 e. The summed E-state index contributed by atoms with van der Waals surface area (Å²) in [6.07, 6.45) is 0. The summed E-state index contributed by atoms with van der Waals surface area (Å²) in [5.41, 5.74) is 2.35. The van der Waals surface area contributed by atoms with Crippen LogP contribution in [0.15, 0.2) is 53.5 Å². The molecule has 30 heavy (non-hydrogen) atoms. The lowest BCUT2D eigenvalue weighted by molar-refractivity contribution is 0.0170. The van der Waals surface area contributed by atoms with Crippen LogP contribution in [0.25, 0.3) is 0 Å². The van der Waals surface area contributed by atoms with E-state index in [-0.39, 0.29) is 30.0 Å². The molecule has 0 aliphatic carbocycles. The molecule has 1 fully saturated rings. The lowest BCUT2D eigenvalue weighted by Gasteiger charge is -2.35. The van der Waals surface area contributed by atoms with E-state index in [1.807, 2.05) is 36.4 Å². The van der Waals surface area contributed by atoms with Crippen LogP contribution < -0.4 is 15.4 Å². The van der Waals surface area contributed by atoms with Crippen LogP contribution in [-0.4, -0.2) is 57.9 Å². The molecule has 8 heteroatoms. The molecule has 1 unspecified atom stereocenters. The zero-order valence-electron chi connectivity index (χ0n) is 17.4. The van der Waals surface area contributed by atoms with Gasteiger partial charge in [-0.15, -0.1) is 24.0 Å². The largest absolute Gasteiger partial charge is 0.497 e. The molecule has 0 radical (unpaired) electrons. The van der Waals surface area contributed by atoms with Crippen molar-refractivity contribution in [2.75, 3.05) is 47.0 Å². The first-order valence-corrected chi connectivity index (χ1v) is 10.2. The highest BCUT2D eigenvalue weighted by Crippen LogP contribution is 2.23. The van der Waals surface area contributed by atoms with Crippen LogP contribution >= 0.6 is 35.6 Å². The predicted molar refractivity (Wildman–Crippen MR) is 133 cm³/mol. The Balaban J connectivity index is 0.00000320. The Morgan fingerprint density at radius 2 is 1.90 bits per heavy atom. The lowest BCUT2D eigenvalue weighted by atomic mass is 10.0. The van der Waals surface area contributed by atoms with Crippen LogP contribution in [0.5, 0.6) is 5.75 Å². The quantitative estimate of drug-likeness (QED) is 0.316.